The van der Waals surface area contributed by atoms with Gasteiger partial charge in [-0.2, -0.15) is 0 Å². The SMILES string of the molecule is CC(C)=CCC/C(C)=C/COC(=O)C[C@@H](NC(=O)[C@@H](C)NC(=O)OC(C)(C)C)c1ccccc1. The molecule has 2 atom stereocenters. The first-order valence-electron chi connectivity index (χ1n) is 11.7. The molecule has 0 bridgehead atoms. The molecule has 0 saturated heterocycles. The van der Waals surface area contributed by atoms with Gasteiger partial charge in [-0.15, -0.1) is 0 Å². The maximum absolute atomic E-state index is 12.7. The molecule has 7 nitrogen and oxygen atoms in total. The van der Waals surface area contributed by atoms with E-state index in [9.17, 15) is 14.4 Å². The van der Waals surface area contributed by atoms with Crippen LogP contribution in [-0.4, -0.2) is 36.2 Å². The summed E-state index contributed by atoms with van der Waals surface area (Å²) in [5.41, 5.74) is 2.53. The third-order valence-electron chi connectivity index (χ3n) is 4.78. The number of hydrogen-bond donors (Lipinski definition) is 2. The molecule has 0 spiro atoms. The number of allylic oxidation sites excluding steroid dienone is 3. The molecule has 0 aliphatic carbocycles. The van der Waals surface area contributed by atoms with Gasteiger partial charge in [0.15, 0.2) is 0 Å². The monoisotopic (exact) mass is 472 g/mol. The van der Waals surface area contributed by atoms with Crippen molar-refractivity contribution in [1.29, 1.82) is 0 Å². The Morgan fingerprint density at radius 3 is 2.24 bits per heavy atom. The van der Waals surface area contributed by atoms with Crippen molar-refractivity contribution in [3.05, 3.63) is 59.2 Å². The first-order chi connectivity index (χ1) is 15.9. The van der Waals surface area contributed by atoms with Crippen molar-refractivity contribution >= 4 is 18.0 Å². The van der Waals surface area contributed by atoms with Gasteiger partial charge in [-0.3, -0.25) is 9.59 Å². The summed E-state index contributed by atoms with van der Waals surface area (Å²) >= 11 is 0. The van der Waals surface area contributed by atoms with E-state index in [4.69, 9.17) is 9.47 Å². The molecule has 7 heteroatoms. The van der Waals surface area contributed by atoms with Gasteiger partial charge < -0.3 is 20.1 Å². The third kappa shape index (κ3) is 12.8. The summed E-state index contributed by atoms with van der Waals surface area (Å²) in [6, 6.07) is 7.75. The number of esters is 1. The molecule has 2 amide bonds. The number of hydrogen-bond acceptors (Lipinski definition) is 5. The Bertz CT molecular complexity index is 865. The summed E-state index contributed by atoms with van der Waals surface area (Å²) in [5, 5.41) is 5.35. The molecule has 1 aromatic rings. The fraction of sp³-hybridized carbons (Fsp3) is 0.519. The lowest BCUT2D eigenvalue weighted by atomic mass is 10.0. The van der Waals surface area contributed by atoms with Crippen LogP contribution in [0.15, 0.2) is 53.6 Å². The zero-order chi connectivity index (χ0) is 25.7. The molecule has 0 fully saturated rings. The van der Waals surface area contributed by atoms with E-state index in [1.165, 1.54) is 5.57 Å². The molecule has 34 heavy (non-hydrogen) atoms. The smallest absolute Gasteiger partial charge is 0.408 e. The summed E-state index contributed by atoms with van der Waals surface area (Å²) in [6.45, 7) is 13.1. The number of ether oxygens (including phenoxy) is 2. The van der Waals surface area contributed by atoms with Gasteiger partial charge in [0.05, 0.1) is 12.5 Å². The van der Waals surface area contributed by atoms with Gasteiger partial charge in [0.2, 0.25) is 5.91 Å². The second-order valence-electron chi connectivity index (χ2n) is 9.60. The van der Waals surface area contributed by atoms with E-state index in [0.29, 0.717) is 0 Å². The highest BCUT2D eigenvalue weighted by Crippen LogP contribution is 2.18. The number of rotatable bonds is 11. The van der Waals surface area contributed by atoms with Crippen molar-refractivity contribution in [2.24, 2.45) is 0 Å². The summed E-state index contributed by atoms with van der Waals surface area (Å²) in [7, 11) is 0. The summed E-state index contributed by atoms with van der Waals surface area (Å²) in [6.07, 6.45) is 5.23. The van der Waals surface area contributed by atoms with E-state index in [-0.39, 0.29) is 13.0 Å². The molecular weight excluding hydrogens is 432 g/mol. The highest BCUT2D eigenvalue weighted by Gasteiger charge is 2.25. The Morgan fingerprint density at radius 1 is 1.00 bits per heavy atom. The van der Waals surface area contributed by atoms with E-state index in [1.807, 2.05) is 43.3 Å². The van der Waals surface area contributed by atoms with Gasteiger partial charge >= 0.3 is 12.1 Å². The van der Waals surface area contributed by atoms with Crippen molar-refractivity contribution in [1.82, 2.24) is 10.6 Å². The lowest BCUT2D eigenvalue weighted by molar-refractivity contribution is -0.143. The Kier molecular flexibility index (Phi) is 12.1. The maximum Gasteiger partial charge on any atom is 0.408 e. The highest BCUT2D eigenvalue weighted by molar-refractivity contribution is 5.86. The van der Waals surface area contributed by atoms with Crippen LogP contribution in [0.5, 0.6) is 0 Å². The topological polar surface area (TPSA) is 93.7 Å². The number of nitrogens with one attached hydrogen (secondary N) is 2. The molecule has 0 aliphatic heterocycles. The van der Waals surface area contributed by atoms with E-state index in [0.717, 1.165) is 24.0 Å². The summed E-state index contributed by atoms with van der Waals surface area (Å²) in [5.74, 6) is -0.849. The highest BCUT2D eigenvalue weighted by atomic mass is 16.6. The minimum atomic E-state index is -0.844. The zero-order valence-electron chi connectivity index (χ0n) is 21.6. The van der Waals surface area contributed by atoms with Crippen LogP contribution in [0.1, 0.15) is 79.3 Å². The van der Waals surface area contributed by atoms with Gasteiger partial charge in [0.1, 0.15) is 18.2 Å². The fourth-order valence-electron chi connectivity index (χ4n) is 2.98. The number of carbonyl (C=O) groups excluding carboxylic acids is 3. The van der Waals surface area contributed by atoms with Crippen LogP contribution in [0.3, 0.4) is 0 Å². The summed E-state index contributed by atoms with van der Waals surface area (Å²) < 4.78 is 10.6. The molecule has 0 aromatic heterocycles. The predicted molar refractivity (Wildman–Crippen MR) is 134 cm³/mol. The Morgan fingerprint density at radius 2 is 1.65 bits per heavy atom. The molecular formula is C27H40N2O5. The van der Waals surface area contributed by atoms with E-state index < -0.39 is 35.7 Å². The number of alkyl carbamates (subject to hydrolysis) is 1. The van der Waals surface area contributed by atoms with Crippen molar-refractivity contribution in [3.63, 3.8) is 0 Å². The maximum atomic E-state index is 12.7. The van der Waals surface area contributed by atoms with Crippen molar-refractivity contribution < 1.29 is 23.9 Å². The van der Waals surface area contributed by atoms with E-state index in [2.05, 4.69) is 30.6 Å². The van der Waals surface area contributed by atoms with Crippen LogP contribution in [0.2, 0.25) is 0 Å². The van der Waals surface area contributed by atoms with Gasteiger partial charge in [-0.25, -0.2) is 4.79 Å². The lowest BCUT2D eigenvalue weighted by Gasteiger charge is -2.23. The van der Waals surface area contributed by atoms with E-state index in [1.54, 1.807) is 27.7 Å². The number of carbonyl (C=O) groups is 3. The fourth-order valence-corrected chi connectivity index (χ4v) is 2.98. The predicted octanol–water partition coefficient (Wildman–Crippen LogP) is 5.38. The third-order valence-corrected chi connectivity index (χ3v) is 4.78. The first kappa shape index (κ1) is 28.9. The first-order valence-corrected chi connectivity index (χ1v) is 11.7. The van der Waals surface area contributed by atoms with Gasteiger partial charge in [-0.05, 0) is 72.9 Å². The van der Waals surface area contributed by atoms with Gasteiger partial charge in [0.25, 0.3) is 0 Å². The minimum absolute atomic E-state index is 0.0282. The minimum Gasteiger partial charge on any atom is -0.461 e. The second kappa shape index (κ2) is 14.2. The average molecular weight is 473 g/mol. The molecule has 1 rings (SSSR count). The van der Waals surface area contributed by atoms with Crippen LogP contribution in [0, 0.1) is 0 Å². The molecule has 0 unspecified atom stereocenters. The van der Waals surface area contributed by atoms with Crippen LogP contribution < -0.4 is 10.6 Å². The molecule has 2 N–H and O–H groups in total. The molecule has 0 radical (unpaired) electrons. The van der Waals surface area contributed by atoms with Crippen LogP contribution in [0.25, 0.3) is 0 Å². The second-order valence-corrected chi connectivity index (χ2v) is 9.60. The normalized spacial score (nSPS) is 13.3. The lowest BCUT2D eigenvalue weighted by Crippen LogP contribution is -2.47. The van der Waals surface area contributed by atoms with Crippen molar-refractivity contribution in [3.8, 4) is 0 Å². The van der Waals surface area contributed by atoms with Crippen LogP contribution in [0.4, 0.5) is 4.79 Å². The molecule has 0 saturated carbocycles. The Hall–Kier alpha value is -3.09. The molecule has 0 heterocycles. The largest absolute Gasteiger partial charge is 0.461 e. The van der Waals surface area contributed by atoms with Gasteiger partial charge in [0, 0.05) is 0 Å². The zero-order valence-corrected chi connectivity index (χ0v) is 21.6. The van der Waals surface area contributed by atoms with Gasteiger partial charge in [-0.1, -0.05) is 47.6 Å². The van der Waals surface area contributed by atoms with Crippen LogP contribution >= 0.6 is 0 Å². The number of amides is 2. The standard InChI is InChI=1S/C27H40N2O5/c1-19(2)12-11-13-20(3)16-17-33-24(30)18-23(22-14-9-8-10-15-22)29-25(31)21(4)28-26(32)34-27(5,6)7/h8-10,12,14-16,21,23H,11,13,17-18H2,1-7H3,(H,28,32)(H,29,31)/b20-16+/t21-,23-/m1/s1. The molecule has 1 aromatic carbocycles. The molecule has 0 aliphatic rings. The molecule has 188 valence electrons. The van der Waals surface area contributed by atoms with Crippen LogP contribution in [-0.2, 0) is 19.1 Å². The summed E-state index contributed by atoms with van der Waals surface area (Å²) in [4.78, 5) is 37.2. The van der Waals surface area contributed by atoms with E-state index >= 15 is 0 Å². The van der Waals surface area contributed by atoms with Crippen molar-refractivity contribution in [2.75, 3.05) is 6.61 Å². The average Bonchev–Trinajstić information content (AvgIpc) is 2.72. The Labute approximate surface area is 204 Å². The van der Waals surface area contributed by atoms with Crippen molar-refractivity contribution in [2.45, 2.75) is 85.4 Å². The Balaban J connectivity index is 2.70. The quantitative estimate of drug-likeness (QED) is 0.333. The number of benzene rings is 1.